The van der Waals surface area contributed by atoms with Crippen LogP contribution in [0.2, 0.25) is 0 Å². The molecule has 1 aromatic carbocycles. The number of methoxy groups -OCH3 is 2. The van der Waals surface area contributed by atoms with E-state index in [0.717, 1.165) is 48.5 Å². The molecule has 3 rings (SSSR count). The molecule has 7 nitrogen and oxygen atoms in total. The minimum Gasteiger partial charge on any atom is -0.493 e. The molecule has 0 bridgehead atoms. The second-order valence-corrected chi connectivity index (χ2v) is 7.47. The van der Waals surface area contributed by atoms with E-state index >= 15 is 0 Å². The fourth-order valence-electron chi connectivity index (χ4n) is 3.58. The topological polar surface area (TPSA) is 64.6 Å². The predicted molar refractivity (Wildman–Crippen MR) is 108 cm³/mol. The van der Waals surface area contributed by atoms with Crippen molar-refractivity contribution in [1.29, 1.82) is 0 Å². The quantitative estimate of drug-likeness (QED) is 0.558. The van der Waals surface area contributed by atoms with Gasteiger partial charge in [0.25, 0.3) is 0 Å². The fourth-order valence-corrected chi connectivity index (χ4v) is 4.23. The second-order valence-electron chi connectivity index (χ2n) is 6.62. The van der Waals surface area contributed by atoms with Crippen molar-refractivity contribution in [3.63, 3.8) is 0 Å². The monoisotopic (exact) mass is 441 g/mol. The van der Waals surface area contributed by atoms with Crippen LogP contribution in [-0.4, -0.2) is 70.6 Å². The standard InChI is InChI=1S/C19H28BrN3O4/c1-21-19(23-6-8-27-17(12-23)15-5-4-7-26-15)22-11-13-9-14(20)18(25-3)16(10-13)24-2/h9-10,15,17H,4-8,11-12H2,1-3H3,(H,21,22). The number of halogens is 1. The average molecular weight is 442 g/mol. The lowest BCUT2D eigenvalue weighted by Crippen LogP contribution is -2.53. The van der Waals surface area contributed by atoms with Crippen LogP contribution in [-0.2, 0) is 16.0 Å². The van der Waals surface area contributed by atoms with Gasteiger partial charge in [0.05, 0.1) is 31.4 Å². The molecule has 2 aliphatic heterocycles. The molecule has 2 heterocycles. The maximum Gasteiger partial charge on any atom is 0.194 e. The molecule has 0 saturated carbocycles. The predicted octanol–water partition coefficient (Wildman–Crippen LogP) is 2.42. The van der Waals surface area contributed by atoms with Gasteiger partial charge in [0.2, 0.25) is 0 Å². The zero-order chi connectivity index (χ0) is 19.2. The van der Waals surface area contributed by atoms with E-state index in [1.807, 2.05) is 19.2 Å². The van der Waals surface area contributed by atoms with Crippen LogP contribution in [0.25, 0.3) is 0 Å². The van der Waals surface area contributed by atoms with Crippen LogP contribution in [0.15, 0.2) is 21.6 Å². The van der Waals surface area contributed by atoms with Crippen molar-refractivity contribution in [2.45, 2.75) is 31.6 Å². The summed E-state index contributed by atoms with van der Waals surface area (Å²) in [5.41, 5.74) is 1.07. The minimum absolute atomic E-state index is 0.107. The Hall–Kier alpha value is -1.51. The van der Waals surface area contributed by atoms with E-state index in [1.54, 1.807) is 14.2 Å². The number of hydrogen-bond acceptors (Lipinski definition) is 5. The van der Waals surface area contributed by atoms with Crippen molar-refractivity contribution in [2.24, 2.45) is 4.99 Å². The van der Waals surface area contributed by atoms with Crippen LogP contribution in [0.5, 0.6) is 11.5 Å². The molecule has 2 saturated heterocycles. The molecule has 1 aromatic rings. The van der Waals surface area contributed by atoms with E-state index in [1.165, 1.54) is 0 Å². The third-order valence-corrected chi connectivity index (χ3v) is 5.52. The molecule has 0 aromatic heterocycles. The lowest BCUT2D eigenvalue weighted by atomic mass is 10.1. The first-order chi connectivity index (χ1) is 13.2. The van der Waals surface area contributed by atoms with Crippen LogP contribution < -0.4 is 14.8 Å². The molecule has 0 spiro atoms. The first-order valence-corrected chi connectivity index (χ1v) is 10.0. The molecular weight excluding hydrogens is 414 g/mol. The Morgan fingerprint density at radius 1 is 1.26 bits per heavy atom. The largest absolute Gasteiger partial charge is 0.493 e. The number of nitrogens with one attached hydrogen (secondary N) is 1. The zero-order valence-electron chi connectivity index (χ0n) is 16.2. The van der Waals surface area contributed by atoms with Gasteiger partial charge in [-0.05, 0) is 46.5 Å². The van der Waals surface area contributed by atoms with Gasteiger partial charge in [-0.2, -0.15) is 0 Å². The summed E-state index contributed by atoms with van der Waals surface area (Å²) in [6, 6.07) is 3.99. The van der Waals surface area contributed by atoms with Gasteiger partial charge in [-0.15, -0.1) is 0 Å². The Morgan fingerprint density at radius 2 is 2.07 bits per heavy atom. The number of nitrogens with zero attached hydrogens (tertiary/aromatic N) is 2. The molecule has 2 aliphatic rings. The summed E-state index contributed by atoms with van der Waals surface area (Å²) in [7, 11) is 5.08. The van der Waals surface area contributed by atoms with Gasteiger partial charge in [-0.25, -0.2) is 0 Å². The van der Waals surface area contributed by atoms with E-state index in [-0.39, 0.29) is 12.2 Å². The van der Waals surface area contributed by atoms with Crippen molar-refractivity contribution >= 4 is 21.9 Å². The molecular formula is C19H28BrN3O4. The number of guanidine groups is 1. The molecule has 2 atom stereocenters. The molecule has 27 heavy (non-hydrogen) atoms. The van der Waals surface area contributed by atoms with Gasteiger partial charge < -0.3 is 29.2 Å². The third kappa shape index (κ3) is 4.86. The number of rotatable bonds is 5. The maximum absolute atomic E-state index is 5.94. The van der Waals surface area contributed by atoms with Gasteiger partial charge in [0.1, 0.15) is 6.10 Å². The third-order valence-electron chi connectivity index (χ3n) is 4.93. The highest BCUT2D eigenvalue weighted by Crippen LogP contribution is 2.36. The van der Waals surface area contributed by atoms with Gasteiger partial charge >= 0.3 is 0 Å². The van der Waals surface area contributed by atoms with Gasteiger partial charge in [-0.1, -0.05) is 0 Å². The molecule has 8 heteroatoms. The van der Waals surface area contributed by atoms with Crippen molar-refractivity contribution in [3.05, 3.63) is 22.2 Å². The summed E-state index contributed by atoms with van der Waals surface area (Å²) in [5.74, 6) is 2.26. The van der Waals surface area contributed by atoms with Gasteiger partial charge in [-0.3, -0.25) is 4.99 Å². The van der Waals surface area contributed by atoms with E-state index in [9.17, 15) is 0 Å². The Morgan fingerprint density at radius 3 is 2.74 bits per heavy atom. The Labute approximate surface area is 169 Å². The van der Waals surface area contributed by atoms with Crippen molar-refractivity contribution < 1.29 is 18.9 Å². The van der Waals surface area contributed by atoms with Gasteiger partial charge in [0.15, 0.2) is 17.5 Å². The van der Waals surface area contributed by atoms with E-state index < -0.39 is 0 Å². The summed E-state index contributed by atoms with van der Waals surface area (Å²) in [4.78, 5) is 6.70. The molecule has 0 amide bonds. The van der Waals surface area contributed by atoms with Crippen LogP contribution in [0.4, 0.5) is 0 Å². The van der Waals surface area contributed by atoms with Crippen LogP contribution in [0, 0.1) is 0 Å². The van der Waals surface area contributed by atoms with Crippen molar-refractivity contribution in [1.82, 2.24) is 10.2 Å². The van der Waals surface area contributed by atoms with Crippen molar-refractivity contribution in [2.75, 3.05) is 47.6 Å². The van der Waals surface area contributed by atoms with Crippen LogP contribution in [0.3, 0.4) is 0 Å². The smallest absolute Gasteiger partial charge is 0.194 e. The molecule has 2 unspecified atom stereocenters. The SMILES string of the molecule is CN=C(NCc1cc(Br)c(OC)c(OC)c1)N1CCOC(C2CCCO2)C1. The summed E-state index contributed by atoms with van der Waals surface area (Å²) < 4.78 is 23.4. The molecule has 1 N–H and O–H groups in total. The Balaban J connectivity index is 1.63. The second kappa shape index (κ2) is 9.61. The van der Waals surface area contributed by atoms with E-state index in [0.29, 0.717) is 24.7 Å². The fraction of sp³-hybridized carbons (Fsp3) is 0.632. The molecule has 0 radical (unpaired) electrons. The summed E-state index contributed by atoms with van der Waals surface area (Å²) in [5, 5.41) is 3.44. The number of ether oxygens (including phenoxy) is 4. The average Bonchev–Trinajstić information content (AvgIpc) is 3.23. The number of hydrogen-bond donors (Lipinski definition) is 1. The Bertz CT molecular complexity index is 665. The van der Waals surface area contributed by atoms with Crippen LogP contribution >= 0.6 is 15.9 Å². The number of morpholine rings is 1. The Kier molecular flexibility index (Phi) is 7.20. The first-order valence-electron chi connectivity index (χ1n) is 9.25. The van der Waals surface area contributed by atoms with E-state index in [2.05, 4.69) is 31.1 Å². The van der Waals surface area contributed by atoms with Crippen LogP contribution in [0.1, 0.15) is 18.4 Å². The molecule has 0 aliphatic carbocycles. The normalized spacial score (nSPS) is 23.4. The molecule has 150 valence electrons. The maximum atomic E-state index is 5.94. The van der Waals surface area contributed by atoms with Gasteiger partial charge in [0, 0.05) is 33.3 Å². The van der Waals surface area contributed by atoms with Crippen molar-refractivity contribution in [3.8, 4) is 11.5 Å². The summed E-state index contributed by atoms with van der Waals surface area (Å²) in [6.07, 6.45) is 2.50. The minimum atomic E-state index is 0.107. The highest BCUT2D eigenvalue weighted by Gasteiger charge is 2.32. The van der Waals surface area contributed by atoms with E-state index in [4.69, 9.17) is 18.9 Å². The molecule has 2 fully saturated rings. The number of benzene rings is 1. The first kappa shape index (κ1) is 20.2. The number of aliphatic imine (C=N–C) groups is 1. The summed E-state index contributed by atoms with van der Waals surface area (Å²) >= 11 is 3.54. The zero-order valence-corrected chi connectivity index (χ0v) is 17.8. The lowest BCUT2D eigenvalue weighted by molar-refractivity contribution is -0.0817. The highest BCUT2D eigenvalue weighted by atomic mass is 79.9. The summed E-state index contributed by atoms with van der Waals surface area (Å²) in [6.45, 7) is 3.77. The lowest BCUT2D eigenvalue weighted by Gasteiger charge is -2.37. The highest BCUT2D eigenvalue weighted by molar-refractivity contribution is 9.10.